The summed E-state index contributed by atoms with van der Waals surface area (Å²) in [6.07, 6.45) is 4.82. The SMILES string of the molecule is CC(C)(C)OC(=O)N1CC[C@H](n2cccn2)C[C@H]1CO. The highest BCUT2D eigenvalue weighted by Gasteiger charge is 2.34. The quantitative estimate of drug-likeness (QED) is 0.898. The molecule has 1 aromatic heterocycles. The molecule has 2 heterocycles. The number of rotatable bonds is 2. The number of likely N-dealkylation sites (tertiary alicyclic amines) is 1. The van der Waals surface area contributed by atoms with Crippen molar-refractivity contribution in [3.63, 3.8) is 0 Å². The smallest absolute Gasteiger partial charge is 0.410 e. The molecule has 2 atom stereocenters. The Morgan fingerprint density at radius 2 is 2.25 bits per heavy atom. The number of carbonyl (C=O) groups excluding carboxylic acids is 1. The van der Waals surface area contributed by atoms with E-state index in [-0.39, 0.29) is 24.8 Å². The number of aliphatic hydroxyl groups is 1. The molecule has 0 bridgehead atoms. The van der Waals surface area contributed by atoms with Gasteiger partial charge in [0.1, 0.15) is 5.60 Å². The number of nitrogens with zero attached hydrogens (tertiary/aromatic N) is 3. The fourth-order valence-electron chi connectivity index (χ4n) is 2.50. The fraction of sp³-hybridized carbons (Fsp3) is 0.714. The zero-order valence-electron chi connectivity index (χ0n) is 12.3. The van der Waals surface area contributed by atoms with Crippen molar-refractivity contribution in [3.8, 4) is 0 Å². The second kappa shape index (κ2) is 5.83. The van der Waals surface area contributed by atoms with Gasteiger partial charge in [0.2, 0.25) is 0 Å². The molecule has 1 aliphatic rings. The summed E-state index contributed by atoms with van der Waals surface area (Å²) in [4.78, 5) is 13.8. The third kappa shape index (κ3) is 3.50. The fourth-order valence-corrected chi connectivity index (χ4v) is 2.50. The van der Waals surface area contributed by atoms with Gasteiger partial charge in [-0.15, -0.1) is 0 Å². The van der Waals surface area contributed by atoms with Crippen LogP contribution < -0.4 is 0 Å². The highest BCUT2D eigenvalue weighted by Crippen LogP contribution is 2.27. The molecule has 1 N–H and O–H groups in total. The number of aromatic nitrogens is 2. The lowest BCUT2D eigenvalue weighted by Crippen LogP contribution is -2.50. The molecule has 6 nitrogen and oxygen atoms in total. The Bertz CT molecular complexity index is 439. The highest BCUT2D eigenvalue weighted by molar-refractivity contribution is 5.68. The number of carbonyl (C=O) groups is 1. The van der Waals surface area contributed by atoms with Crippen LogP contribution in [0.3, 0.4) is 0 Å². The number of hydrogen-bond acceptors (Lipinski definition) is 4. The Labute approximate surface area is 119 Å². The minimum Gasteiger partial charge on any atom is -0.444 e. The van der Waals surface area contributed by atoms with Crippen molar-refractivity contribution < 1.29 is 14.6 Å². The summed E-state index contributed by atoms with van der Waals surface area (Å²) in [5, 5.41) is 13.8. The van der Waals surface area contributed by atoms with E-state index in [4.69, 9.17) is 4.74 Å². The van der Waals surface area contributed by atoms with Gasteiger partial charge in [0.05, 0.1) is 18.7 Å². The van der Waals surface area contributed by atoms with Crippen LogP contribution in [0.4, 0.5) is 4.79 Å². The molecule has 2 rings (SSSR count). The van der Waals surface area contributed by atoms with Gasteiger partial charge >= 0.3 is 6.09 Å². The molecule has 1 aliphatic heterocycles. The van der Waals surface area contributed by atoms with Gasteiger partial charge < -0.3 is 14.7 Å². The molecule has 0 saturated carbocycles. The number of amides is 1. The Morgan fingerprint density at radius 3 is 2.80 bits per heavy atom. The third-order valence-electron chi connectivity index (χ3n) is 3.43. The van der Waals surface area contributed by atoms with E-state index < -0.39 is 5.60 Å². The van der Waals surface area contributed by atoms with E-state index >= 15 is 0 Å². The first-order valence-corrected chi connectivity index (χ1v) is 7.00. The van der Waals surface area contributed by atoms with Crippen LogP contribution in [-0.2, 0) is 4.74 Å². The molecule has 1 aromatic rings. The molecule has 1 saturated heterocycles. The lowest BCUT2D eigenvalue weighted by atomic mass is 9.98. The topological polar surface area (TPSA) is 67.6 Å². The van der Waals surface area contributed by atoms with Crippen LogP contribution in [0, 0.1) is 0 Å². The predicted octanol–water partition coefficient (Wildman–Crippen LogP) is 1.82. The molecular weight excluding hydrogens is 258 g/mol. The lowest BCUT2D eigenvalue weighted by Gasteiger charge is -2.39. The maximum Gasteiger partial charge on any atom is 0.410 e. The molecule has 0 spiro atoms. The summed E-state index contributed by atoms with van der Waals surface area (Å²) in [6, 6.07) is 1.89. The van der Waals surface area contributed by atoms with Crippen LogP contribution in [0.2, 0.25) is 0 Å². The summed E-state index contributed by atoms with van der Waals surface area (Å²) in [6.45, 7) is 6.04. The normalized spacial score (nSPS) is 23.7. The molecule has 1 fully saturated rings. The standard InChI is InChI=1S/C14H23N3O3/c1-14(2,3)20-13(19)16-8-5-11(9-12(16)10-18)17-7-4-6-15-17/h4,6-7,11-12,18H,5,8-10H2,1-3H3/t11-,12-/m0/s1. The van der Waals surface area contributed by atoms with Crippen molar-refractivity contribution >= 4 is 6.09 Å². The van der Waals surface area contributed by atoms with Crippen LogP contribution in [-0.4, -0.2) is 50.7 Å². The second-order valence-electron chi connectivity index (χ2n) is 6.17. The third-order valence-corrected chi connectivity index (χ3v) is 3.43. The number of aliphatic hydroxyl groups excluding tert-OH is 1. The second-order valence-corrected chi connectivity index (χ2v) is 6.17. The van der Waals surface area contributed by atoms with Crippen LogP contribution >= 0.6 is 0 Å². The zero-order valence-corrected chi connectivity index (χ0v) is 12.3. The van der Waals surface area contributed by atoms with Crippen molar-refractivity contribution in [1.29, 1.82) is 0 Å². The summed E-state index contributed by atoms with van der Waals surface area (Å²) < 4.78 is 7.29. The summed E-state index contributed by atoms with van der Waals surface area (Å²) >= 11 is 0. The van der Waals surface area contributed by atoms with Crippen molar-refractivity contribution in [3.05, 3.63) is 18.5 Å². The van der Waals surface area contributed by atoms with Crippen LogP contribution in [0.25, 0.3) is 0 Å². The summed E-state index contributed by atoms with van der Waals surface area (Å²) in [7, 11) is 0. The molecule has 112 valence electrons. The lowest BCUT2D eigenvalue weighted by molar-refractivity contribution is -0.00439. The number of hydrogen-bond donors (Lipinski definition) is 1. The molecule has 0 aromatic carbocycles. The Balaban J connectivity index is 2.01. The van der Waals surface area contributed by atoms with Crippen molar-refractivity contribution in [1.82, 2.24) is 14.7 Å². The zero-order chi connectivity index (χ0) is 14.8. The minimum atomic E-state index is -0.518. The molecule has 0 unspecified atom stereocenters. The Hall–Kier alpha value is -1.56. The maximum atomic E-state index is 12.1. The van der Waals surface area contributed by atoms with Crippen molar-refractivity contribution in [2.24, 2.45) is 0 Å². The van der Waals surface area contributed by atoms with Crippen LogP contribution in [0.1, 0.15) is 39.7 Å². The van der Waals surface area contributed by atoms with E-state index in [0.717, 1.165) is 6.42 Å². The van der Waals surface area contributed by atoms with Gasteiger partial charge in [-0.2, -0.15) is 5.10 Å². The monoisotopic (exact) mass is 281 g/mol. The minimum absolute atomic E-state index is 0.0585. The molecule has 6 heteroatoms. The Morgan fingerprint density at radius 1 is 1.50 bits per heavy atom. The van der Waals surface area contributed by atoms with Gasteiger partial charge in [-0.25, -0.2) is 4.79 Å². The first-order chi connectivity index (χ1) is 9.40. The van der Waals surface area contributed by atoms with E-state index in [0.29, 0.717) is 13.0 Å². The maximum absolute atomic E-state index is 12.1. The van der Waals surface area contributed by atoms with Gasteiger partial charge in [0.15, 0.2) is 0 Å². The van der Waals surface area contributed by atoms with Gasteiger partial charge in [-0.3, -0.25) is 4.68 Å². The molecule has 20 heavy (non-hydrogen) atoms. The largest absolute Gasteiger partial charge is 0.444 e. The molecule has 0 aliphatic carbocycles. The highest BCUT2D eigenvalue weighted by atomic mass is 16.6. The average Bonchev–Trinajstić information content (AvgIpc) is 2.89. The summed E-state index contributed by atoms with van der Waals surface area (Å²) in [5.74, 6) is 0. The van der Waals surface area contributed by atoms with E-state index in [2.05, 4.69) is 5.10 Å². The van der Waals surface area contributed by atoms with Crippen LogP contribution in [0.15, 0.2) is 18.5 Å². The number of ether oxygens (including phenoxy) is 1. The van der Waals surface area contributed by atoms with Gasteiger partial charge in [-0.05, 0) is 39.7 Å². The Kier molecular flexibility index (Phi) is 4.32. The van der Waals surface area contributed by atoms with E-state index in [1.807, 2.05) is 37.7 Å². The first-order valence-electron chi connectivity index (χ1n) is 7.00. The molecule has 1 amide bonds. The van der Waals surface area contributed by atoms with E-state index in [1.54, 1.807) is 11.1 Å². The van der Waals surface area contributed by atoms with Gasteiger partial charge in [-0.1, -0.05) is 0 Å². The van der Waals surface area contributed by atoms with Crippen molar-refractivity contribution in [2.75, 3.05) is 13.2 Å². The van der Waals surface area contributed by atoms with Crippen molar-refractivity contribution in [2.45, 2.75) is 51.3 Å². The average molecular weight is 281 g/mol. The van der Waals surface area contributed by atoms with Gasteiger partial charge in [0, 0.05) is 18.9 Å². The predicted molar refractivity (Wildman–Crippen MR) is 74.3 cm³/mol. The molecular formula is C14H23N3O3. The summed E-state index contributed by atoms with van der Waals surface area (Å²) in [5.41, 5.74) is -0.518. The van der Waals surface area contributed by atoms with Crippen LogP contribution in [0.5, 0.6) is 0 Å². The van der Waals surface area contributed by atoms with E-state index in [9.17, 15) is 9.90 Å². The van der Waals surface area contributed by atoms with Gasteiger partial charge in [0.25, 0.3) is 0 Å². The number of piperidine rings is 1. The van der Waals surface area contributed by atoms with E-state index in [1.165, 1.54) is 0 Å². The molecule has 0 radical (unpaired) electrons. The first kappa shape index (κ1) is 14.8.